The van der Waals surface area contributed by atoms with Crippen molar-refractivity contribution in [3.05, 3.63) is 65.9 Å². The number of nitrogens with zero attached hydrogens (tertiary/aromatic N) is 2. The van der Waals surface area contributed by atoms with Gasteiger partial charge in [0.05, 0.1) is 6.10 Å². The lowest BCUT2D eigenvalue weighted by atomic mass is 9.84. The maximum absolute atomic E-state index is 13.6. The highest BCUT2D eigenvalue weighted by atomic mass is 19.4. The minimum absolute atomic E-state index is 0.0647. The first kappa shape index (κ1) is 24.8. The van der Waals surface area contributed by atoms with Crippen LogP contribution in [0.15, 0.2) is 54.7 Å². The lowest BCUT2D eigenvalue weighted by molar-refractivity contribution is -0.137. The van der Waals surface area contributed by atoms with Crippen LogP contribution in [-0.4, -0.2) is 16.1 Å². The van der Waals surface area contributed by atoms with E-state index in [1.54, 1.807) is 24.3 Å². The second-order valence-corrected chi connectivity index (χ2v) is 9.02. The maximum atomic E-state index is 13.6. The molecule has 2 aromatic carbocycles. The highest BCUT2D eigenvalue weighted by molar-refractivity contribution is 5.63. The third-order valence-electron chi connectivity index (χ3n) is 6.37. The van der Waals surface area contributed by atoms with Crippen molar-refractivity contribution in [2.45, 2.75) is 70.6 Å². The summed E-state index contributed by atoms with van der Waals surface area (Å²) in [5.41, 5.74) is 1.50. The molecule has 35 heavy (non-hydrogen) atoms. The topological polar surface area (TPSA) is 59.1 Å². The summed E-state index contributed by atoms with van der Waals surface area (Å²) in [6, 6.07) is 14.8. The Morgan fingerprint density at radius 3 is 2.20 bits per heavy atom. The molecule has 5 nitrogen and oxygen atoms in total. The predicted molar refractivity (Wildman–Crippen MR) is 133 cm³/mol. The van der Waals surface area contributed by atoms with E-state index >= 15 is 0 Å². The van der Waals surface area contributed by atoms with Crippen LogP contribution in [-0.2, 0) is 6.18 Å². The van der Waals surface area contributed by atoms with Crippen LogP contribution in [0, 0.1) is 0 Å². The Morgan fingerprint density at radius 2 is 1.57 bits per heavy atom. The van der Waals surface area contributed by atoms with Gasteiger partial charge in [0.15, 0.2) is 0 Å². The monoisotopic (exact) mass is 484 g/mol. The predicted octanol–water partition coefficient (Wildman–Crippen LogP) is 8.21. The molecule has 0 spiro atoms. The smallest absolute Gasteiger partial charge is 0.421 e. The molecule has 8 heteroatoms. The van der Waals surface area contributed by atoms with Crippen molar-refractivity contribution < 1.29 is 17.9 Å². The quantitative estimate of drug-likeness (QED) is 0.337. The van der Waals surface area contributed by atoms with Gasteiger partial charge in [0, 0.05) is 17.6 Å². The van der Waals surface area contributed by atoms with Crippen LogP contribution in [0.1, 0.15) is 69.4 Å². The zero-order valence-electron chi connectivity index (χ0n) is 20.0. The fraction of sp³-hybridized carbons (Fsp3) is 0.407. The third-order valence-corrected chi connectivity index (χ3v) is 6.37. The van der Waals surface area contributed by atoms with Crippen molar-refractivity contribution in [3.63, 3.8) is 0 Å². The average Bonchev–Trinajstić information content (AvgIpc) is 2.85. The van der Waals surface area contributed by atoms with Gasteiger partial charge >= 0.3 is 6.18 Å². The molecule has 1 aliphatic carbocycles. The average molecular weight is 485 g/mol. The molecule has 1 heterocycles. The molecular formula is C27H31F3N4O. The van der Waals surface area contributed by atoms with E-state index in [-0.39, 0.29) is 17.9 Å². The van der Waals surface area contributed by atoms with Crippen LogP contribution >= 0.6 is 0 Å². The van der Waals surface area contributed by atoms with E-state index in [2.05, 4.69) is 20.6 Å². The Bertz CT molecular complexity index is 1090. The Morgan fingerprint density at radius 1 is 0.943 bits per heavy atom. The molecule has 1 saturated carbocycles. The molecule has 2 N–H and O–H groups in total. The molecule has 1 fully saturated rings. The van der Waals surface area contributed by atoms with Gasteiger partial charge in [-0.3, -0.25) is 0 Å². The minimum atomic E-state index is -4.59. The molecule has 4 rings (SSSR count). The van der Waals surface area contributed by atoms with Gasteiger partial charge < -0.3 is 15.4 Å². The van der Waals surface area contributed by atoms with Crippen LogP contribution in [0.5, 0.6) is 5.75 Å². The number of nitrogens with one attached hydrogen (secondary N) is 2. The number of benzene rings is 2. The maximum Gasteiger partial charge on any atom is 0.421 e. The fourth-order valence-electron chi connectivity index (χ4n) is 4.22. The first-order valence-electron chi connectivity index (χ1n) is 12.2. The fourth-order valence-corrected chi connectivity index (χ4v) is 4.22. The van der Waals surface area contributed by atoms with Crippen LogP contribution in [0.25, 0.3) is 0 Å². The molecular weight excluding hydrogens is 453 g/mol. The highest BCUT2D eigenvalue weighted by Crippen LogP contribution is 2.36. The molecule has 1 aromatic heterocycles. The molecule has 1 unspecified atom stereocenters. The number of aromatic nitrogens is 2. The second kappa shape index (κ2) is 11.0. The first-order chi connectivity index (χ1) is 16.8. The summed E-state index contributed by atoms with van der Waals surface area (Å²) in [6.07, 6.45) is 3.25. The minimum Gasteiger partial charge on any atom is -0.491 e. The van der Waals surface area contributed by atoms with Crippen LogP contribution < -0.4 is 15.4 Å². The van der Waals surface area contributed by atoms with E-state index in [1.165, 1.54) is 24.8 Å². The van der Waals surface area contributed by atoms with Gasteiger partial charge in [-0.15, -0.1) is 0 Å². The molecule has 186 valence electrons. The van der Waals surface area contributed by atoms with Crippen LogP contribution in [0.3, 0.4) is 0 Å². The summed E-state index contributed by atoms with van der Waals surface area (Å²) in [4.78, 5) is 8.03. The molecule has 0 radical (unpaired) electrons. The standard InChI is InChI=1S/C27H31F3N4O/c1-3-18(2)35-23-15-13-22(14-16-23)33-26-31-17-24(27(28,29)30)25(34-26)32-21-11-9-20(10-12-21)19-7-5-4-6-8-19/h9-19H,3-8H2,1-2H3,(H2,31,32,33,34). The number of ether oxygens (including phenoxy) is 1. The Hall–Kier alpha value is -3.29. The highest BCUT2D eigenvalue weighted by Gasteiger charge is 2.35. The number of hydrogen-bond donors (Lipinski definition) is 2. The van der Waals surface area contributed by atoms with E-state index in [0.29, 0.717) is 17.3 Å². The molecule has 0 aliphatic heterocycles. The molecule has 0 saturated heterocycles. The van der Waals surface area contributed by atoms with Crippen molar-refractivity contribution in [2.24, 2.45) is 0 Å². The van der Waals surface area contributed by atoms with Crippen molar-refractivity contribution in [1.82, 2.24) is 9.97 Å². The van der Waals surface area contributed by atoms with Crippen LogP contribution in [0.2, 0.25) is 0 Å². The van der Waals surface area contributed by atoms with Gasteiger partial charge in [-0.2, -0.15) is 18.2 Å². The summed E-state index contributed by atoms with van der Waals surface area (Å²) in [7, 11) is 0. The van der Waals surface area contributed by atoms with Gasteiger partial charge in [0.2, 0.25) is 5.95 Å². The van der Waals surface area contributed by atoms with E-state index in [9.17, 15) is 13.2 Å². The normalized spacial score (nSPS) is 15.5. The van der Waals surface area contributed by atoms with E-state index < -0.39 is 11.7 Å². The number of halogens is 3. The molecule has 3 aromatic rings. The number of rotatable bonds is 8. The van der Waals surface area contributed by atoms with Gasteiger partial charge in [-0.1, -0.05) is 38.3 Å². The van der Waals surface area contributed by atoms with E-state index in [1.807, 2.05) is 38.1 Å². The molecule has 0 bridgehead atoms. The Labute approximate surface area is 204 Å². The lowest BCUT2D eigenvalue weighted by Gasteiger charge is -2.22. The third kappa shape index (κ3) is 6.65. The lowest BCUT2D eigenvalue weighted by Crippen LogP contribution is -2.13. The number of anilines is 4. The number of alkyl halides is 3. The summed E-state index contributed by atoms with van der Waals surface area (Å²) in [5, 5.41) is 5.81. The SMILES string of the molecule is CCC(C)Oc1ccc(Nc2ncc(C(F)(F)F)c(Nc3ccc(C4CCCCC4)cc3)n2)cc1. The zero-order valence-corrected chi connectivity index (χ0v) is 20.0. The summed E-state index contributed by atoms with van der Waals surface area (Å²) in [5.74, 6) is 1.02. The van der Waals surface area contributed by atoms with Gasteiger partial charge in [-0.05, 0) is 74.1 Å². The second-order valence-electron chi connectivity index (χ2n) is 9.02. The largest absolute Gasteiger partial charge is 0.491 e. The van der Waals surface area contributed by atoms with Gasteiger partial charge in [0.25, 0.3) is 0 Å². The first-order valence-corrected chi connectivity index (χ1v) is 12.2. The Kier molecular flexibility index (Phi) is 7.78. The molecule has 1 atom stereocenters. The zero-order chi connectivity index (χ0) is 24.8. The van der Waals surface area contributed by atoms with Crippen LogP contribution in [0.4, 0.5) is 36.3 Å². The Balaban J connectivity index is 1.51. The van der Waals surface area contributed by atoms with E-state index in [4.69, 9.17) is 4.74 Å². The van der Waals surface area contributed by atoms with Crippen molar-refractivity contribution in [3.8, 4) is 5.75 Å². The summed E-state index contributed by atoms with van der Waals surface area (Å²) in [6.45, 7) is 4.03. The van der Waals surface area contributed by atoms with Crippen molar-refractivity contribution in [1.29, 1.82) is 0 Å². The van der Waals surface area contributed by atoms with Crippen molar-refractivity contribution >= 4 is 23.1 Å². The molecule has 1 aliphatic rings. The summed E-state index contributed by atoms with van der Waals surface area (Å²) >= 11 is 0. The van der Waals surface area contributed by atoms with Gasteiger partial charge in [0.1, 0.15) is 17.1 Å². The summed E-state index contributed by atoms with van der Waals surface area (Å²) < 4.78 is 46.7. The van der Waals surface area contributed by atoms with Gasteiger partial charge in [-0.25, -0.2) is 4.98 Å². The number of hydrogen-bond acceptors (Lipinski definition) is 5. The van der Waals surface area contributed by atoms with Crippen molar-refractivity contribution in [2.75, 3.05) is 10.6 Å². The van der Waals surface area contributed by atoms with E-state index in [0.717, 1.165) is 31.2 Å². The molecule has 0 amide bonds.